The number of hydrogen-bond acceptors (Lipinski definition) is 2. The van der Waals surface area contributed by atoms with Crippen LogP contribution in [0.25, 0.3) is 0 Å². The first kappa shape index (κ1) is 14.8. The second-order valence-corrected chi connectivity index (χ2v) is 2.77. The van der Waals surface area contributed by atoms with E-state index >= 15 is 0 Å². The molecule has 0 aliphatic rings. The highest BCUT2D eigenvalue weighted by molar-refractivity contribution is 5.81. The molecule has 94 valence electrons. The normalized spacial score (nSPS) is 15.2. The van der Waals surface area contributed by atoms with Crippen LogP contribution in [0.2, 0.25) is 0 Å². The Kier molecular flexibility index (Phi) is 4.82. The Hall–Kier alpha value is -1.21. The minimum atomic E-state index is -5.70. The summed E-state index contributed by atoms with van der Waals surface area (Å²) in [6.45, 7) is -0.593. The lowest BCUT2D eigenvalue weighted by molar-refractivity contribution is -0.253. The number of halogens is 6. The number of carbonyl (C=O) groups is 1. The van der Waals surface area contributed by atoms with E-state index in [9.17, 15) is 31.1 Å². The number of allylic oxidation sites excluding steroid dienone is 1. The summed E-state index contributed by atoms with van der Waals surface area (Å²) in [6, 6.07) is 0. The topological polar surface area (TPSA) is 26.3 Å². The number of rotatable bonds is 4. The summed E-state index contributed by atoms with van der Waals surface area (Å²) in [5.74, 6) is -6.06. The van der Waals surface area contributed by atoms with Crippen molar-refractivity contribution in [3.05, 3.63) is 12.2 Å². The first-order chi connectivity index (χ1) is 7.11. The van der Waals surface area contributed by atoms with Crippen LogP contribution in [0.5, 0.6) is 0 Å². The van der Waals surface area contributed by atoms with Crippen molar-refractivity contribution >= 4 is 5.97 Å². The van der Waals surface area contributed by atoms with Gasteiger partial charge < -0.3 is 4.74 Å². The summed E-state index contributed by atoms with van der Waals surface area (Å²) in [5, 5.41) is 0. The monoisotopic (exact) mass is 250 g/mol. The highest BCUT2D eigenvalue weighted by atomic mass is 19.4. The fraction of sp³-hybridized carbons (Fsp3) is 0.625. The quantitative estimate of drug-likeness (QED) is 0.435. The number of esters is 1. The zero-order chi connectivity index (χ0) is 13.0. The average Bonchev–Trinajstić information content (AvgIpc) is 2.13. The van der Waals surface area contributed by atoms with Gasteiger partial charge in [0.25, 0.3) is 6.17 Å². The van der Waals surface area contributed by atoms with Gasteiger partial charge in [-0.1, -0.05) is 6.08 Å². The second-order valence-electron chi connectivity index (χ2n) is 2.77. The summed E-state index contributed by atoms with van der Waals surface area (Å²) >= 11 is 0. The Labute approximate surface area is 86.9 Å². The van der Waals surface area contributed by atoms with Crippen LogP contribution in [0.3, 0.4) is 0 Å². The molecule has 0 unspecified atom stereocenters. The first-order valence-corrected chi connectivity index (χ1v) is 3.99. The molecule has 0 aromatic carbocycles. The molecule has 0 aliphatic carbocycles. The molecule has 0 rings (SSSR count). The molecule has 2 nitrogen and oxygen atoms in total. The number of carbonyl (C=O) groups excluding carboxylic acids is 1. The SMILES string of the molecule is C/C=C/C(=O)OCC(F)(F)[C@@H](F)C(F)(F)F. The van der Waals surface area contributed by atoms with E-state index in [0.717, 1.165) is 12.2 Å². The van der Waals surface area contributed by atoms with Crippen LogP contribution in [0.1, 0.15) is 6.92 Å². The number of alkyl halides is 6. The van der Waals surface area contributed by atoms with Crippen LogP contribution in [-0.4, -0.2) is 30.8 Å². The van der Waals surface area contributed by atoms with Crippen LogP contribution in [0.15, 0.2) is 12.2 Å². The van der Waals surface area contributed by atoms with E-state index in [1.165, 1.54) is 6.92 Å². The molecule has 0 N–H and O–H groups in total. The molecule has 16 heavy (non-hydrogen) atoms. The molecule has 0 bridgehead atoms. The fourth-order valence-corrected chi connectivity index (χ4v) is 0.664. The lowest BCUT2D eigenvalue weighted by atomic mass is 10.2. The first-order valence-electron chi connectivity index (χ1n) is 3.99. The molecule has 8 heteroatoms. The van der Waals surface area contributed by atoms with Gasteiger partial charge in [-0.3, -0.25) is 0 Å². The van der Waals surface area contributed by atoms with E-state index in [1.54, 1.807) is 0 Å². The summed E-state index contributed by atoms with van der Waals surface area (Å²) in [5.41, 5.74) is 0. The van der Waals surface area contributed by atoms with Crippen LogP contribution >= 0.6 is 0 Å². The lowest BCUT2D eigenvalue weighted by Crippen LogP contribution is -2.45. The Morgan fingerprint density at radius 1 is 1.31 bits per heavy atom. The molecule has 0 saturated heterocycles. The molecule has 0 spiro atoms. The highest BCUT2D eigenvalue weighted by Crippen LogP contribution is 2.34. The van der Waals surface area contributed by atoms with E-state index in [4.69, 9.17) is 0 Å². The van der Waals surface area contributed by atoms with Gasteiger partial charge >= 0.3 is 18.1 Å². The fourth-order valence-electron chi connectivity index (χ4n) is 0.664. The summed E-state index contributed by atoms with van der Waals surface area (Å²) in [7, 11) is 0. The minimum Gasteiger partial charge on any atom is -0.456 e. The second kappa shape index (κ2) is 5.22. The van der Waals surface area contributed by atoms with Crippen LogP contribution in [0.4, 0.5) is 26.3 Å². The van der Waals surface area contributed by atoms with Crippen molar-refractivity contribution < 1.29 is 35.9 Å². The van der Waals surface area contributed by atoms with Gasteiger partial charge in [-0.05, 0) is 6.92 Å². The van der Waals surface area contributed by atoms with Crippen LogP contribution in [-0.2, 0) is 9.53 Å². The summed E-state index contributed by atoms with van der Waals surface area (Å²) in [4.78, 5) is 10.5. The maximum atomic E-state index is 12.5. The standard InChI is InChI=1S/C8H8F6O2/c1-2-3-5(15)16-4-7(10,11)6(9)8(12,13)14/h2-3,6H,4H2,1H3/b3-2+/t6-/m1/s1. The molecule has 0 fully saturated rings. The van der Waals surface area contributed by atoms with Gasteiger partial charge in [0.1, 0.15) is 0 Å². The summed E-state index contributed by atoms with van der Waals surface area (Å²) in [6.07, 6.45) is -8.21. The smallest absolute Gasteiger partial charge is 0.425 e. The predicted molar refractivity (Wildman–Crippen MR) is 41.7 cm³/mol. The number of hydrogen-bond donors (Lipinski definition) is 0. The third-order valence-electron chi connectivity index (χ3n) is 1.37. The largest absolute Gasteiger partial charge is 0.456 e. The van der Waals surface area contributed by atoms with Crippen molar-refractivity contribution in [2.45, 2.75) is 25.2 Å². The van der Waals surface area contributed by atoms with Gasteiger partial charge in [0, 0.05) is 6.08 Å². The Morgan fingerprint density at radius 3 is 2.19 bits per heavy atom. The van der Waals surface area contributed by atoms with Crippen molar-refractivity contribution in [2.24, 2.45) is 0 Å². The maximum absolute atomic E-state index is 12.5. The molecule has 0 amide bonds. The van der Waals surface area contributed by atoms with Gasteiger partial charge in [0.05, 0.1) is 0 Å². The molecule has 0 aliphatic heterocycles. The Morgan fingerprint density at radius 2 is 1.81 bits per heavy atom. The molecule has 0 heterocycles. The molecule has 0 saturated carbocycles. The molecule has 0 aromatic heterocycles. The summed E-state index contributed by atoms with van der Waals surface area (Å²) < 4.78 is 75.8. The Bertz CT molecular complexity index is 270. The third-order valence-corrected chi connectivity index (χ3v) is 1.37. The molecule has 0 radical (unpaired) electrons. The van der Waals surface area contributed by atoms with Gasteiger partial charge in [-0.2, -0.15) is 22.0 Å². The van der Waals surface area contributed by atoms with Crippen LogP contribution < -0.4 is 0 Å². The van der Waals surface area contributed by atoms with Crippen molar-refractivity contribution in [3.8, 4) is 0 Å². The predicted octanol–water partition coefficient (Wildman–Crippen LogP) is 2.64. The third kappa shape index (κ3) is 4.54. The van der Waals surface area contributed by atoms with Crippen LogP contribution in [0, 0.1) is 0 Å². The Balaban J connectivity index is 4.41. The van der Waals surface area contributed by atoms with Crippen molar-refractivity contribution in [3.63, 3.8) is 0 Å². The minimum absolute atomic E-state index is 0.719. The van der Waals surface area contributed by atoms with Gasteiger partial charge in [-0.15, -0.1) is 0 Å². The molecular weight excluding hydrogens is 242 g/mol. The van der Waals surface area contributed by atoms with Crippen molar-refractivity contribution in [1.29, 1.82) is 0 Å². The van der Waals surface area contributed by atoms with E-state index in [1.807, 2.05) is 0 Å². The van der Waals surface area contributed by atoms with Gasteiger partial charge in [0.15, 0.2) is 6.61 Å². The maximum Gasteiger partial charge on any atom is 0.425 e. The van der Waals surface area contributed by atoms with Gasteiger partial charge in [0.2, 0.25) is 0 Å². The zero-order valence-electron chi connectivity index (χ0n) is 8.02. The van der Waals surface area contributed by atoms with Crippen molar-refractivity contribution in [2.75, 3.05) is 6.61 Å². The molecular formula is C8H8F6O2. The van der Waals surface area contributed by atoms with Gasteiger partial charge in [-0.25, -0.2) is 9.18 Å². The molecule has 1 atom stereocenters. The van der Waals surface area contributed by atoms with E-state index in [0.29, 0.717) is 0 Å². The molecule has 0 aromatic rings. The zero-order valence-corrected chi connectivity index (χ0v) is 8.02. The van der Waals surface area contributed by atoms with E-state index in [2.05, 4.69) is 4.74 Å². The van der Waals surface area contributed by atoms with E-state index < -0.39 is 30.8 Å². The van der Waals surface area contributed by atoms with E-state index in [-0.39, 0.29) is 0 Å². The average molecular weight is 250 g/mol. The highest BCUT2D eigenvalue weighted by Gasteiger charge is 2.57. The lowest BCUT2D eigenvalue weighted by Gasteiger charge is -2.21. The number of ether oxygens (including phenoxy) is 1. The van der Waals surface area contributed by atoms with Crippen molar-refractivity contribution in [1.82, 2.24) is 0 Å².